The fourth-order valence-corrected chi connectivity index (χ4v) is 5.61. The van der Waals surface area contributed by atoms with Gasteiger partial charge in [-0.15, -0.1) is 0 Å². The zero-order valence-electron chi connectivity index (χ0n) is 18.1. The molecule has 4 heteroatoms. The van der Waals surface area contributed by atoms with Gasteiger partial charge >= 0.3 is 0 Å². The van der Waals surface area contributed by atoms with E-state index < -0.39 is 6.10 Å². The van der Waals surface area contributed by atoms with Gasteiger partial charge in [-0.05, 0) is 66.0 Å². The average molecular weight is 404 g/mol. The summed E-state index contributed by atoms with van der Waals surface area (Å²) in [6, 6.07) is 17.8. The Kier molecular flexibility index (Phi) is 4.51. The van der Waals surface area contributed by atoms with Crippen molar-refractivity contribution in [1.82, 2.24) is 0 Å². The van der Waals surface area contributed by atoms with Crippen molar-refractivity contribution in [2.45, 2.75) is 45.9 Å². The minimum absolute atomic E-state index is 0.0219. The maximum atomic E-state index is 13.2. The summed E-state index contributed by atoms with van der Waals surface area (Å²) < 4.78 is 11.5. The maximum Gasteiger partial charge on any atom is 0.259 e. The fourth-order valence-electron chi connectivity index (χ4n) is 5.61. The highest BCUT2D eigenvalue weighted by Crippen LogP contribution is 2.70. The fraction of sp³-hybridized carbons (Fsp3) is 0.423. The van der Waals surface area contributed by atoms with Crippen LogP contribution < -0.4 is 9.64 Å². The first-order valence-electron chi connectivity index (χ1n) is 10.8. The number of allylic oxidation sites excluding steroid dienone is 1. The number of carbonyl (C=O) groups is 1. The summed E-state index contributed by atoms with van der Waals surface area (Å²) in [4.78, 5) is 15.2. The summed E-state index contributed by atoms with van der Waals surface area (Å²) in [6.45, 7) is 7.40. The molecule has 4 atom stereocenters. The lowest BCUT2D eigenvalue weighted by atomic mass is 9.82. The van der Waals surface area contributed by atoms with Gasteiger partial charge in [0.05, 0.1) is 19.8 Å². The Labute approximate surface area is 178 Å². The molecular weight excluding hydrogens is 374 g/mol. The molecule has 4 unspecified atom stereocenters. The van der Waals surface area contributed by atoms with E-state index in [9.17, 15) is 4.79 Å². The van der Waals surface area contributed by atoms with E-state index in [-0.39, 0.29) is 11.9 Å². The predicted octanol–water partition coefficient (Wildman–Crippen LogP) is 4.99. The highest BCUT2D eigenvalue weighted by molar-refractivity contribution is 6.06. The topological polar surface area (TPSA) is 38.8 Å². The van der Waals surface area contributed by atoms with E-state index in [0.29, 0.717) is 23.9 Å². The van der Waals surface area contributed by atoms with E-state index >= 15 is 0 Å². The Morgan fingerprint density at radius 1 is 1.07 bits per heavy atom. The van der Waals surface area contributed by atoms with Crippen LogP contribution in [0.2, 0.25) is 0 Å². The number of nitrogens with zero attached hydrogens (tertiary/aromatic N) is 1. The zero-order chi connectivity index (χ0) is 21.0. The van der Waals surface area contributed by atoms with E-state index in [4.69, 9.17) is 9.47 Å². The summed E-state index contributed by atoms with van der Waals surface area (Å²) in [5.41, 5.74) is 5.19. The summed E-state index contributed by atoms with van der Waals surface area (Å²) in [5.74, 6) is 2.10. The van der Waals surface area contributed by atoms with Gasteiger partial charge in [-0.3, -0.25) is 9.69 Å². The molecule has 0 radical (unpaired) electrons. The molecule has 0 spiro atoms. The molecule has 1 aliphatic heterocycles. The van der Waals surface area contributed by atoms with Crippen LogP contribution in [0.4, 0.5) is 5.69 Å². The smallest absolute Gasteiger partial charge is 0.259 e. The predicted molar refractivity (Wildman–Crippen MR) is 117 cm³/mol. The molecule has 30 heavy (non-hydrogen) atoms. The van der Waals surface area contributed by atoms with Crippen LogP contribution in [0.5, 0.6) is 5.75 Å². The van der Waals surface area contributed by atoms with Crippen LogP contribution in [-0.4, -0.2) is 25.2 Å². The zero-order valence-corrected chi connectivity index (χ0v) is 18.1. The van der Waals surface area contributed by atoms with Crippen LogP contribution in [0.25, 0.3) is 0 Å². The molecule has 0 bridgehead atoms. The molecule has 1 heterocycles. The number of β-lactam (4-membered cyclic amide) rings is 1. The van der Waals surface area contributed by atoms with Crippen molar-refractivity contribution in [2.75, 3.05) is 12.0 Å². The third kappa shape index (κ3) is 2.89. The second-order valence-corrected chi connectivity index (χ2v) is 9.41. The molecule has 1 amide bonds. The van der Waals surface area contributed by atoms with Crippen molar-refractivity contribution < 1.29 is 14.3 Å². The van der Waals surface area contributed by atoms with Crippen LogP contribution in [0, 0.1) is 17.3 Å². The van der Waals surface area contributed by atoms with E-state index in [0.717, 1.165) is 23.4 Å². The van der Waals surface area contributed by atoms with E-state index in [1.54, 1.807) is 7.11 Å². The molecule has 2 aliphatic carbocycles. The van der Waals surface area contributed by atoms with Gasteiger partial charge in [0.2, 0.25) is 0 Å². The van der Waals surface area contributed by atoms with Crippen LogP contribution >= 0.6 is 0 Å². The van der Waals surface area contributed by atoms with Crippen molar-refractivity contribution in [1.29, 1.82) is 0 Å². The number of hydrogen-bond acceptors (Lipinski definition) is 3. The van der Waals surface area contributed by atoms with Gasteiger partial charge in [0, 0.05) is 5.69 Å². The number of hydrogen-bond donors (Lipinski definition) is 0. The molecule has 0 aromatic heterocycles. The second kappa shape index (κ2) is 6.98. The summed E-state index contributed by atoms with van der Waals surface area (Å²) in [7, 11) is 1.65. The van der Waals surface area contributed by atoms with E-state index in [2.05, 4.69) is 20.8 Å². The number of anilines is 1. The lowest BCUT2D eigenvalue weighted by molar-refractivity contribution is -0.142. The SMILES string of the molecule is COc1ccc(N2C(=O)C(OCc3ccccc3)C2C2=C(C)CC3C2C3(C)C)cc1. The van der Waals surface area contributed by atoms with Crippen molar-refractivity contribution in [2.24, 2.45) is 17.3 Å². The maximum absolute atomic E-state index is 13.2. The van der Waals surface area contributed by atoms with Gasteiger partial charge in [-0.25, -0.2) is 0 Å². The van der Waals surface area contributed by atoms with E-state index in [1.165, 1.54) is 11.1 Å². The molecule has 2 fully saturated rings. The van der Waals surface area contributed by atoms with Crippen molar-refractivity contribution >= 4 is 11.6 Å². The molecule has 1 saturated carbocycles. The van der Waals surface area contributed by atoms with Crippen LogP contribution in [0.1, 0.15) is 32.8 Å². The number of amides is 1. The molecule has 4 nitrogen and oxygen atoms in total. The van der Waals surface area contributed by atoms with Crippen molar-refractivity contribution in [3.63, 3.8) is 0 Å². The Morgan fingerprint density at radius 3 is 2.40 bits per heavy atom. The Bertz CT molecular complexity index is 993. The van der Waals surface area contributed by atoms with Gasteiger partial charge < -0.3 is 9.47 Å². The van der Waals surface area contributed by atoms with Crippen LogP contribution in [0.15, 0.2) is 65.7 Å². The Morgan fingerprint density at radius 2 is 1.77 bits per heavy atom. The van der Waals surface area contributed by atoms with Gasteiger partial charge in [0.25, 0.3) is 5.91 Å². The van der Waals surface area contributed by atoms with Crippen LogP contribution in [-0.2, 0) is 16.1 Å². The average Bonchev–Trinajstić information content (AvgIpc) is 3.08. The summed E-state index contributed by atoms with van der Waals surface area (Å²) in [5, 5.41) is 0. The number of carbonyl (C=O) groups excluding carboxylic acids is 1. The first-order valence-corrected chi connectivity index (χ1v) is 10.8. The highest BCUT2D eigenvalue weighted by atomic mass is 16.5. The largest absolute Gasteiger partial charge is 0.497 e. The number of methoxy groups -OCH3 is 1. The van der Waals surface area contributed by atoms with Crippen molar-refractivity contribution in [3.05, 3.63) is 71.3 Å². The molecule has 1 saturated heterocycles. The van der Waals surface area contributed by atoms with Crippen LogP contribution in [0.3, 0.4) is 0 Å². The quantitative estimate of drug-likeness (QED) is 0.504. The molecule has 2 aromatic carbocycles. The number of fused-ring (bicyclic) bond motifs is 1. The molecule has 156 valence electrons. The molecule has 5 rings (SSSR count). The second-order valence-electron chi connectivity index (χ2n) is 9.41. The number of rotatable bonds is 6. The van der Waals surface area contributed by atoms with Gasteiger partial charge in [0.1, 0.15) is 5.75 Å². The standard InChI is InChI=1S/C26H29NO3/c1-16-14-20-22(26(20,2)3)21(16)23-24(30-15-17-8-6-5-7-9-17)25(28)27(23)18-10-12-19(29-4)13-11-18/h5-13,20,22-24H,14-15H2,1-4H3. The molecule has 2 aromatic rings. The molecule has 3 aliphatic rings. The first-order chi connectivity index (χ1) is 14.4. The summed E-state index contributed by atoms with van der Waals surface area (Å²) in [6.07, 6.45) is 0.715. The Balaban J connectivity index is 1.45. The monoisotopic (exact) mass is 403 g/mol. The van der Waals surface area contributed by atoms with E-state index in [1.807, 2.05) is 59.5 Å². The summed E-state index contributed by atoms with van der Waals surface area (Å²) >= 11 is 0. The normalized spacial score (nSPS) is 28.9. The lowest BCUT2D eigenvalue weighted by Gasteiger charge is -2.48. The van der Waals surface area contributed by atoms with Gasteiger partial charge in [-0.2, -0.15) is 0 Å². The lowest BCUT2D eigenvalue weighted by Crippen LogP contribution is -2.67. The third-order valence-electron chi connectivity index (χ3n) is 7.39. The molecule has 0 N–H and O–H groups in total. The minimum atomic E-state index is -0.424. The minimum Gasteiger partial charge on any atom is -0.497 e. The third-order valence-corrected chi connectivity index (χ3v) is 7.39. The van der Waals surface area contributed by atoms with Gasteiger partial charge in [-0.1, -0.05) is 49.8 Å². The number of ether oxygens (including phenoxy) is 2. The highest BCUT2D eigenvalue weighted by Gasteiger charge is 2.67. The Hall–Kier alpha value is -2.59. The number of benzene rings is 2. The van der Waals surface area contributed by atoms with Crippen molar-refractivity contribution in [3.8, 4) is 5.75 Å². The van der Waals surface area contributed by atoms with Gasteiger partial charge in [0.15, 0.2) is 6.10 Å². The first kappa shape index (κ1) is 19.4. The molecular formula is C26H29NO3.